The van der Waals surface area contributed by atoms with Crippen LogP contribution in [0.1, 0.15) is 50.8 Å². The number of carboxylic acids is 1. The number of carbonyl (C=O) groups excluding carboxylic acids is 1. The molecule has 0 radical (unpaired) electrons. The number of nitrogens with zero attached hydrogens (tertiary/aromatic N) is 3. The number of methoxy groups -OCH3 is 2. The molecule has 1 aliphatic carbocycles. The van der Waals surface area contributed by atoms with Crippen LogP contribution in [-0.2, 0) is 9.59 Å². The maximum atomic E-state index is 15.1. The molecule has 0 bridgehead atoms. The van der Waals surface area contributed by atoms with E-state index in [1.807, 2.05) is 11.0 Å². The summed E-state index contributed by atoms with van der Waals surface area (Å²) in [6, 6.07) is 2.46. The standard InChI is InChI=1S/C25H32FN5O3.C2HF3O2/c1-33-19-13-17-22(21(26)23(19)34-2)29-25(30-24(17)27)14-7-9-31(10-8-14)20(32)12-16-11-15-5-3-4-6-18(15)28-16;3-2(4,5)1(6)7/h7,13,15-16,18,28H,3-6,8-12H2,1-2H3,(H2,27,29,30);(H,6,7)/t15-,16-,18-;/m0./s1. The predicted octanol–water partition coefficient (Wildman–Crippen LogP) is 3.93. The number of carbonyl (C=O) groups is 2. The zero-order valence-electron chi connectivity index (χ0n) is 22.8. The first-order valence-electron chi connectivity index (χ1n) is 13.3. The van der Waals surface area contributed by atoms with Gasteiger partial charge in [-0.05, 0) is 43.2 Å². The van der Waals surface area contributed by atoms with Gasteiger partial charge in [0.1, 0.15) is 11.3 Å². The zero-order chi connectivity index (χ0) is 29.9. The number of alkyl halides is 3. The normalized spacial score (nSPS) is 22.3. The summed E-state index contributed by atoms with van der Waals surface area (Å²) in [4.78, 5) is 32.6. The highest BCUT2D eigenvalue weighted by molar-refractivity contribution is 5.92. The van der Waals surface area contributed by atoms with Crippen LogP contribution < -0.4 is 20.5 Å². The van der Waals surface area contributed by atoms with Crippen molar-refractivity contribution in [2.75, 3.05) is 33.0 Å². The molecule has 2 aromatic rings. The lowest BCUT2D eigenvalue weighted by Gasteiger charge is -2.27. The minimum absolute atomic E-state index is 0.0196. The highest BCUT2D eigenvalue weighted by atomic mass is 19.4. The minimum atomic E-state index is -5.08. The van der Waals surface area contributed by atoms with E-state index in [1.54, 1.807) is 6.07 Å². The van der Waals surface area contributed by atoms with Gasteiger partial charge in [-0.3, -0.25) is 4.79 Å². The number of halogens is 4. The van der Waals surface area contributed by atoms with Gasteiger partial charge in [0.15, 0.2) is 23.1 Å². The van der Waals surface area contributed by atoms with Gasteiger partial charge in [0, 0.05) is 37.0 Å². The number of ether oxygens (including phenoxy) is 2. The molecule has 10 nitrogen and oxygen atoms in total. The van der Waals surface area contributed by atoms with Crippen molar-refractivity contribution in [3.05, 3.63) is 23.8 Å². The number of nitrogens with two attached hydrogens (primary N) is 1. The fourth-order valence-corrected chi connectivity index (χ4v) is 5.72. The number of carboxylic acid groups (broad SMARTS) is 1. The fourth-order valence-electron chi connectivity index (χ4n) is 5.72. The Balaban J connectivity index is 0.000000493. The molecule has 14 heteroatoms. The van der Waals surface area contributed by atoms with Crippen LogP contribution in [0, 0.1) is 11.7 Å². The molecule has 2 fully saturated rings. The average molecular weight is 584 g/mol. The fraction of sp³-hybridized carbons (Fsp3) is 0.556. The molecule has 2 aliphatic heterocycles. The van der Waals surface area contributed by atoms with Crippen molar-refractivity contribution in [1.29, 1.82) is 0 Å². The van der Waals surface area contributed by atoms with Crippen molar-refractivity contribution in [2.45, 2.75) is 63.2 Å². The van der Waals surface area contributed by atoms with Crippen LogP contribution in [0.4, 0.5) is 23.4 Å². The third-order valence-corrected chi connectivity index (χ3v) is 7.76. The first-order chi connectivity index (χ1) is 19.4. The number of fused-ring (bicyclic) bond motifs is 2. The molecular formula is C27H33F4N5O5. The van der Waals surface area contributed by atoms with Crippen molar-refractivity contribution in [3.8, 4) is 11.5 Å². The van der Waals surface area contributed by atoms with Gasteiger partial charge in [0.05, 0.1) is 14.2 Å². The molecule has 1 amide bonds. The Hall–Kier alpha value is -3.68. The molecule has 224 valence electrons. The Bertz CT molecular complexity index is 1320. The van der Waals surface area contributed by atoms with Crippen LogP contribution in [0.2, 0.25) is 0 Å². The van der Waals surface area contributed by atoms with Gasteiger partial charge in [-0.25, -0.2) is 19.2 Å². The van der Waals surface area contributed by atoms with E-state index in [-0.39, 0.29) is 34.8 Å². The Labute approximate surface area is 233 Å². The molecule has 1 saturated heterocycles. The van der Waals surface area contributed by atoms with E-state index in [0.717, 1.165) is 17.9 Å². The number of anilines is 1. The molecule has 1 saturated carbocycles. The summed E-state index contributed by atoms with van der Waals surface area (Å²) in [7, 11) is 2.81. The number of nitrogens with one attached hydrogen (secondary N) is 1. The lowest BCUT2D eigenvalue weighted by atomic mass is 9.85. The number of aliphatic carboxylic acids is 1. The number of benzene rings is 1. The maximum absolute atomic E-state index is 15.1. The van der Waals surface area contributed by atoms with Gasteiger partial charge in [-0.15, -0.1) is 0 Å². The minimum Gasteiger partial charge on any atom is -0.493 e. The smallest absolute Gasteiger partial charge is 0.490 e. The molecule has 4 N–H and O–H groups in total. The molecule has 3 atom stereocenters. The summed E-state index contributed by atoms with van der Waals surface area (Å²) in [6.45, 7) is 1.07. The summed E-state index contributed by atoms with van der Waals surface area (Å²) in [6.07, 6.45) is 4.23. The van der Waals surface area contributed by atoms with Crippen molar-refractivity contribution >= 4 is 34.2 Å². The number of aromatic nitrogens is 2. The summed E-state index contributed by atoms with van der Waals surface area (Å²) < 4.78 is 57.2. The van der Waals surface area contributed by atoms with Crippen LogP contribution in [0.15, 0.2) is 12.1 Å². The van der Waals surface area contributed by atoms with Gasteiger partial charge < -0.3 is 30.5 Å². The van der Waals surface area contributed by atoms with Gasteiger partial charge in [0.25, 0.3) is 0 Å². The first kappa shape index (κ1) is 30.3. The van der Waals surface area contributed by atoms with E-state index >= 15 is 4.39 Å². The first-order valence-corrected chi connectivity index (χ1v) is 13.3. The van der Waals surface area contributed by atoms with Crippen molar-refractivity contribution in [3.63, 3.8) is 0 Å². The lowest BCUT2D eigenvalue weighted by Crippen LogP contribution is -2.40. The summed E-state index contributed by atoms with van der Waals surface area (Å²) >= 11 is 0. The van der Waals surface area contributed by atoms with Crippen LogP contribution in [0.25, 0.3) is 16.5 Å². The van der Waals surface area contributed by atoms with Crippen LogP contribution in [0.3, 0.4) is 0 Å². The van der Waals surface area contributed by atoms with Crippen LogP contribution in [-0.4, -0.2) is 77.4 Å². The summed E-state index contributed by atoms with van der Waals surface area (Å²) in [5.74, 6) is -1.72. The zero-order valence-corrected chi connectivity index (χ0v) is 22.8. The Morgan fingerprint density at radius 2 is 1.90 bits per heavy atom. The topological polar surface area (TPSA) is 140 Å². The molecule has 0 unspecified atom stereocenters. The van der Waals surface area contributed by atoms with Crippen molar-refractivity contribution in [2.24, 2.45) is 5.92 Å². The average Bonchev–Trinajstić information content (AvgIpc) is 3.35. The molecule has 3 heterocycles. The maximum Gasteiger partial charge on any atom is 0.490 e. The van der Waals surface area contributed by atoms with Gasteiger partial charge in [0.2, 0.25) is 5.91 Å². The Morgan fingerprint density at radius 1 is 1.20 bits per heavy atom. The van der Waals surface area contributed by atoms with Crippen molar-refractivity contribution in [1.82, 2.24) is 20.2 Å². The molecule has 41 heavy (non-hydrogen) atoms. The second-order valence-electron chi connectivity index (χ2n) is 10.3. The van der Waals surface area contributed by atoms with Crippen LogP contribution >= 0.6 is 0 Å². The van der Waals surface area contributed by atoms with Crippen molar-refractivity contribution < 1.29 is 41.7 Å². The number of hydrogen-bond donors (Lipinski definition) is 3. The van der Waals surface area contributed by atoms with Gasteiger partial charge in [-0.1, -0.05) is 18.9 Å². The molecular weight excluding hydrogens is 550 g/mol. The number of nitrogen functional groups attached to an aromatic ring is 1. The van der Waals surface area contributed by atoms with E-state index in [1.165, 1.54) is 39.9 Å². The molecule has 1 aromatic carbocycles. The summed E-state index contributed by atoms with van der Waals surface area (Å²) in [5, 5.41) is 11.2. The molecule has 1 aromatic heterocycles. The Morgan fingerprint density at radius 3 is 2.49 bits per heavy atom. The second-order valence-corrected chi connectivity index (χ2v) is 10.3. The lowest BCUT2D eigenvalue weighted by molar-refractivity contribution is -0.192. The van der Waals surface area contributed by atoms with Gasteiger partial charge >= 0.3 is 12.1 Å². The molecule has 3 aliphatic rings. The number of hydrogen-bond acceptors (Lipinski definition) is 8. The highest BCUT2D eigenvalue weighted by Crippen LogP contribution is 2.38. The SMILES string of the molecule is COc1cc2c(N)nc(C3=CCN(C(=O)C[C@@H]4C[C@@H]5CCCC[C@@H]5N4)CC3)nc2c(F)c1OC.O=C(O)C(F)(F)F. The van der Waals surface area contributed by atoms with Crippen LogP contribution in [0.5, 0.6) is 11.5 Å². The van der Waals surface area contributed by atoms with E-state index in [0.29, 0.717) is 43.2 Å². The summed E-state index contributed by atoms with van der Waals surface area (Å²) in [5.41, 5.74) is 7.10. The molecule has 5 rings (SSSR count). The number of amides is 1. The van der Waals surface area contributed by atoms with E-state index in [9.17, 15) is 18.0 Å². The largest absolute Gasteiger partial charge is 0.493 e. The van der Waals surface area contributed by atoms with E-state index < -0.39 is 18.0 Å². The quantitative estimate of drug-likeness (QED) is 0.447. The second kappa shape index (κ2) is 12.5. The third kappa shape index (κ3) is 6.80. The predicted molar refractivity (Wildman–Crippen MR) is 142 cm³/mol. The third-order valence-electron chi connectivity index (χ3n) is 7.76. The molecule has 0 spiro atoms. The monoisotopic (exact) mass is 583 g/mol. The Kier molecular flexibility index (Phi) is 9.20. The highest BCUT2D eigenvalue weighted by Gasteiger charge is 2.38. The van der Waals surface area contributed by atoms with E-state index in [2.05, 4.69) is 15.3 Å². The van der Waals surface area contributed by atoms with E-state index in [4.69, 9.17) is 25.1 Å². The van der Waals surface area contributed by atoms with Gasteiger partial charge in [-0.2, -0.15) is 13.2 Å². The number of rotatable bonds is 5.